The maximum Gasteiger partial charge on any atom is 0.238 e. The summed E-state index contributed by atoms with van der Waals surface area (Å²) < 4.78 is 11.3. The summed E-state index contributed by atoms with van der Waals surface area (Å²) in [6, 6.07) is 9.96. The molecule has 0 amide bonds. The van der Waals surface area contributed by atoms with Crippen molar-refractivity contribution in [1.29, 1.82) is 0 Å². The summed E-state index contributed by atoms with van der Waals surface area (Å²) in [5, 5.41) is 3.13. The zero-order valence-corrected chi connectivity index (χ0v) is 17.8. The molecular weight excluding hydrogens is 380 g/mol. The molecular formula is C22H28N6O2. The van der Waals surface area contributed by atoms with E-state index < -0.39 is 0 Å². The van der Waals surface area contributed by atoms with Crippen LogP contribution in [-0.2, 0) is 0 Å². The third-order valence-electron chi connectivity index (χ3n) is 5.06. The number of nitrogens with zero attached hydrogens (tertiary/aromatic N) is 5. The fraction of sp³-hybridized carbons (Fsp3) is 0.409. The zero-order valence-electron chi connectivity index (χ0n) is 17.8. The molecule has 1 aromatic carbocycles. The number of hydrazine groups is 1. The Labute approximate surface area is 176 Å². The number of likely N-dealkylation sites (N-methyl/N-ethyl adjacent to an activating group) is 1. The number of rotatable bonds is 7. The molecule has 3 aromatic rings. The molecule has 1 aliphatic heterocycles. The minimum atomic E-state index is 0.535. The van der Waals surface area contributed by atoms with Gasteiger partial charge in [-0.2, -0.15) is 4.98 Å². The van der Waals surface area contributed by atoms with E-state index in [1.165, 1.54) is 0 Å². The first-order valence-corrected chi connectivity index (χ1v) is 10.4. The molecule has 1 fully saturated rings. The van der Waals surface area contributed by atoms with Gasteiger partial charge in [-0.1, -0.05) is 6.07 Å². The van der Waals surface area contributed by atoms with Gasteiger partial charge in [0.25, 0.3) is 0 Å². The molecule has 0 spiro atoms. The second-order valence-corrected chi connectivity index (χ2v) is 7.24. The van der Waals surface area contributed by atoms with Crippen molar-refractivity contribution in [2.45, 2.75) is 13.8 Å². The van der Waals surface area contributed by atoms with Crippen molar-refractivity contribution >= 4 is 16.9 Å². The second kappa shape index (κ2) is 9.23. The lowest BCUT2D eigenvalue weighted by atomic mass is 10.1. The van der Waals surface area contributed by atoms with E-state index in [1.807, 2.05) is 44.3 Å². The summed E-state index contributed by atoms with van der Waals surface area (Å²) in [6.07, 6.45) is 1.85. The molecule has 0 unspecified atom stereocenters. The van der Waals surface area contributed by atoms with Gasteiger partial charge in [0, 0.05) is 49.4 Å². The lowest BCUT2D eigenvalue weighted by molar-refractivity contribution is 0.178. The molecule has 0 saturated carbocycles. The predicted octanol–water partition coefficient (Wildman–Crippen LogP) is 3.06. The van der Waals surface area contributed by atoms with Gasteiger partial charge in [0.15, 0.2) is 0 Å². The van der Waals surface area contributed by atoms with Crippen LogP contribution in [0, 0.1) is 0 Å². The van der Waals surface area contributed by atoms with Crippen LogP contribution < -0.4 is 14.9 Å². The van der Waals surface area contributed by atoms with E-state index in [9.17, 15) is 0 Å². The van der Waals surface area contributed by atoms with Crippen LogP contribution in [0.15, 0.2) is 36.5 Å². The average molecular weight is 409 g/mol. The number of anilines is 1. The van der Waals surface area contributed by atoms with Gasteiger partial charge in [-0.05, 0) is 44.7 Å². The summed E-state index contributed by atoms with van der Waals surface area (Å²) >= 11 is 0. The van der Waals surface area contributed by atoms with Crippen LogP contribution in [0.2, 0.25) is 0 Å². The molecule has 1 saturated heterocycles. The monoisotopic (exact) mass is 408 g/mol. The molecule has 0 bridgehead atoms. The predicted molar refractivity (Wildman–Crippen MR) is 118 cm³/mol. The Morgan fingerprint density at radius 1 is 0.967 bits per heavy atom. The first-order valence-electron chi connectivity index (χ1n) is 10.4. The fourth-order valence-corrected chi connectivity index (χ4v) is 3.43. The van der Waals surface area contributed by atoms with Crippen LogP contribution in [0.25, 0.3) is 22.0 Å². The van der Waals surface area contributed by atoms with Gasteiger partial charge < -0.3 is 14.4 Å². The Hall–Kier alpha value is -2.97. The number of hydrogen-bond acceptors (Lipinski definition) is 8. The van der Waals surface area contributed by atoms with Crippen LogP contribution in [0.1, 0.15) is 13.8 Å². The average Bonchev–Trinajstić information content (AvgIpc) is 2.76. The van der Waals surface area contributed by atoms with E-state index in [2.05, 4.69) is 43.4 Å². The maximum absolute atomic E-state index is 5.76. The molecule has 2 aromatic heterocycles. The Bertz CT molecular complexity index is 1000. The number of hydrogen-bond donors (Lipinski definition) is 1. The van der Waals surface area contributed by atoms with E-state index in [1.54, 1.807) is 0 Å². The summed E-state index contributed by atoms with van der Waals surface area (Å²) in [7, 11) is 2.14. The minimum Gasteiger partial charge on any atom is -0.478 e. The smallest absolute Gasteiger partial charge is 0.238 e. The molecule has 30 heavy (non-hydrogen) atoms. The molecule has 1 aliphatic rings. The van der Waals surface area contributed by atoms with E-state index in [0.717, 1.165) is 48.2 Å². The fourth-order valence-electron chi connectivity index (χ4n) is 3.43. The number of benzene rings is 1. The third-order valence-corrected chi connectivity index (χ3v) is 5.06. The van der Waals surface area contributed by atoms with Crippen LogP contribution in [0.4, 0.5) is 5.95 Å². The maximum atomic E-state index is 5.76. The highest BCUT2D eigenvalue weighted by Gasteiger charge is 2.15. The summed E-state index contributed by atoms with van der Waals surface area (Å²) in [4.78, 5) is 16.0. The number of ether oxygens (including phenoxy) is 2. The molecule has 3 heterocycles. The lowest BCUT2D eigenvalue weighted by Crippen LogP contribution is -2.47. The highest BCUT2D eigenvalue weighted by molar-refractivity contribution is 5.85. The summed E-state index contributed by atoms with van der Waals surface area (Å²) in [6.45, 7) is 8.94. The van der Waals surface area contributed by atoms with Crippen molar-refractivity contribution in [3.63, 3.8) is 0 Å². The number of piperazine rings is 1. The SMILES string of the molecule is CCOc1ccc(-c2ccc3nc(NN4CCN(C)CC4)ncc3c2)c(OCC)n1. The van der Waals surface area contributed by atoms with Crippen molar-refractivity contribution in [2.75, 3.05) is 51.9 Å². The van der Waals surface area contributed by atoms with Gasteiger partial charge in [-0.25, -0.2) is 15.0 Å². The number of fused-ring (bicyclic) bond motifs is 1. The molecule has 4 rings (SSSR count). The van der Waals surface area contributed by atoms with Gasteiger partial charge >= 0.3 is 0 Å². The van der Waals surface area contributed by atoms with Crippen molar-refractivity contribution < 1.29 is 9.47 Å². The normalized spacial score (nSPS) is 15.3. The molecule has 8 nitrogen and oxygen atoms in total. The second-order valence-electron chi connectivity index (χ2n) is 7.24. The van der Waals surface area contributed by atoms with E-state index >= 15 is 0 Å². The van der Waals surface area contributed by atoms with Crippen LogP contribution in [-0.4, -0.2) is 71.3 Å². The molecule has 158 valence electrons. The highest BCUT2D eigenvalue weighted by atomic mass is 16.5. The van der Waals surface area contributed by atoms with Crippen LogP contribution in [0.3, 0.4) is 0 Å². The van der Waals surface area contributed by atoms with E-state index in [-0.39, 0.29) is 0 Å². The van der Waals surface area contributed by atoms with E-state index in [0.29, 0.717) is 30.9 Å². The van der Waals surface area contributed by atoms with Crippen LogP contribution in [0.5, 0.6) is 11.8 Å². The zero-order chi connectivity index (χ0) is 20.9. The standard InChI is InChI=1S/C22H28N6O2/c1-4-29-20-9-7-18(21(25-20)30-5-2)16-6-8-19-17(14-16)15-23-22(24-19)26-28-12-10-27(3)11-13-28/h6-9,14-15H,4-5,10-13H2,1-3H3,(H,23,24,26). The number of pyridine rings is 1. The molecule has 0 radical (unpaired) electrons. The largest absolute Gasteiger partial charge is 0.478 e. The number of aromatic nitrogens is 3. The van der Waals surface area contributed by atoms with E-state index in [4.69, 9.17) is 9.47 Å². The third kappa shape index (κ3) is 4.60. The van der Waals surface area contributed by atoms with Gasteiger partial charge in [0.2, 0.25) is 17.7 Å². The molecule has 0 aliphatic carbocycles. The van der Waals surface area contributed by atoms with Crippen molar-refractivity contribution in [2.24, 2.45) is 0 Å². The van der Waals surface area contributed by atoms with Gasteiger partial charge in [0.05, 0.1) is 18.7 Å². The summed E-state index contributed by atoms with van der Waals surface area (Å²) in [5.41, 5.74) is 6.14. The van der Waals surface area contributed by atoms with Crippen LogP contribution >= 0.6 is 0 Å². The van der Waals surface area contributed by atoms with Crippen molar-refractivity contribution in [3.8, 4) is 22.9 Å². The Morgan fingerprint density at radius 2 is 1.77 bits per heavy atom. The van der Waals surface area contributed by atoms with Gasteiger partial charge in [-0.3, -0.25) is 5.43 Å². The molecule has 1 N–H and O–H groups in total. The molecule has 8 heteroatoms. The Kier molecular flexibility index (Phi) is 6.25. The minimum absolute atomic E-state index is 0.535. The topological polar surface area (TPSA) is 75.6 Å². The number of nitrogens with one attached hydrogen (secondary N) is 1. The van der Waals surface area contributed by atoms with Gasteiger partial charge in [0.1, 0.15) is 0 Å². The first kappa shape index (κ1) is 20.3. The summed E-state index contributed by atoms with van der Waals surface area (Å²) in [5.74, 6) is 1.75. The molecule has 0 atom stereocenters. The quantitative estimate of drug-likeness (QED) is 0.639. The van der Waals surface area contributed by atoms with Gasteiger partial charge in [-0.15, -0.1) is 0 Å². The van der Waals surface area contributed by atoms with Crippen molar-refractivity contribution in [1.82, 2.24) is 24.9 Å². The Balaban J connectivity index is 1.58. The lowest BCUT2D eigenvalue weighted by Gasteiger charge is -2.32. The highest BCUT2D eigenvalue weighted by Crippen LogP contribution is 2.32. The first-order chi connectivity index (χ1) is 14.7. The Morgan fingerprint density at radius 3 is 2.53 bits per heavy atom. The van der Waals surface area contributed by atoms with Crippen molar-refractivity contribution in [3.05, 3.63) is 36.5 Å².